The molecule has 2 heterocycles. The zero-order valence-corrected chi connectivity index (χ0v) is 15.9. The minimum atomic E-state index is -0.307. The van der Waals surface area contributed by atoms with Crippen molar-refractivity contribution in [2.75, 3.05) is 31.1 Å². The molecule has 1 saturated heterocycles. The van der Waals surface area contributed by atoms with E-state index in [4.69, 9.17) is 4.42 Å². The molecule has 7 heteroatoms. The molecule has 5 nitrogen and oxygen atoms in total. The Hall–Kier alpha value is -3.22. The van der Waals surface area contributed by atoms with Gasteiger partial charge in [-0.3, -0.25) is 4.79 Å². The Labute approximate surface area is 167 Å². The number of anilines is 1. The molecule has 0 radical (unpaired) electrons. The third-order valence-electron chi connectivity index (χ3n) is 5.06. The Balaban J connectivity index is 1.27. The van der Waals surface area contributed by atoms with Crippen LogP contribution in [0.25, 0.3) is 11.3 Å². The molecule has 0 aliphatic carbocycles. The highest BCUT2D eigenvalue weighted by Gasteiger charge is 2.21. The number of carbonyl (C=O) groups is 1. The average Bonchev–Trinajstić information content (AvgIpc) is 3.22. The van der Waals surface area contributed by atoms with Gasteiger partial charge in [-0.1, -0.05) is 0 Å². The minimum absolute atomic E-state index is 0.0605. The molecule has 0 atom stereocenters. The summed E-state index contributed by atoms with van der Waals surface area (Å²) in [6.45, 7) is 2.68. The van der Waals surface area contributed by atoms with Gasteiger partial charge in [0.1, 0.15) is 11.6 Å². The average molecular weight is 397 g/mol. The Kier molecular flexibility index (Phi) is 5.55. The standard InChI is InChI=1S/C22H21F2N3O2/c23-17-3-1-16(2-4-17)20-15-25-21(29-20)9-10-22(28)27-13-11-26(12-14-27)19-7-5-18(24)6-8-19/h1-8,15H,9-14H2. The predicted molar refractivity (Wildman–Crippen MR) is 105 cm³/mol. The first kappa shape index (κ1) is 19.1. The van der Waals surface area contributed by atoms with Crippen LogP contribution in [0.15, 0.2) is 59.1 Å². The second-order valence-corrected chi connectivity index (χ2v) is 6.97. The van der Waals surface area contributed by atoms with Crippen molar-refractivity contribution in [2.24, 2.45) is 0 Å². The van der Waals surface area contributed by atoms with Crippen LogP contribution in [0.1, 0.15) is 12.3 Å². The van der Waals surface area contributed by atoms with Gasteiger partial charge in [-0.25, -0.2) is 13.8 Å². The van der Waals surface area contributed by atoms with Gasteiger partial charge in [0.15, 0.2) is 11.7 Å². The van der Waals surface area contributed by atoms with Crippen LogP contribution in [0.3, 0.4) is 0 Å². The van der Waals surface area contributed by atoms with Crippen LogP contribution in [-0.2, 0) is 11.2 Å². The van der Waals surface area contributed by atoms with Crippen LogP contribution >= 0.6 is 0 Å². The molecule has 2 aromatic carbocycles. The van der Waals surface area contributed by atoms with Crippen LogP contribution in [0.4, 0.5) is 14.5 Å². The fourth-order valence-corrected chi connectivity index (χ4v) is 3.41. The highest BCUT2D eigenvalue weighted by Crippen LogP contribution is 2.22. The molecular weight excluding hydrogens is 376 g/mol. The van der Waals surface area contributed by atoms with Crippen LogP contribution in [0, 0.1) is 11.6 Å². The van der Waals surface area contributed by atoms with E-state index in [0.29, 0.717) is 50.7 Å². The molecular formula is C22H21F2N3O2. The molecule has 1 amide bonds. The van der Waals surface area contributed by atoms with E-state index in [1.807, 2.05) is 4.90 Å². The topological polar surface area (TPSA) is 49.6 Å². The van der Waals surface area contributed by atoms with Gasteiger partial charge >= 0.3 is 0 Å². The smallest absolute Gasteiger partial charge is 0.223 e. The summed E-state index contributed by atoms with van der Waals surface area (Å²) >= 11 is 0. The van der Waals surface area contributed by atoms with Gasteiger partial charge in [0.2, 0.25) is 5.91 Å². The molecule has 29 heavy (non-hydrogen) atoms. The molecule has 1 aromatic heterocycles. The number of carbonyl (C=O) groups excluding carboxylic acids is 1. The number of halogens is 2. The normalized spacial score (nSPS) is 14.3. The number of nitrogens with zero attached hydrogens (tertiary/aromatic N) is 3. The zero-order valence-electron chi connectivity index (χ0n) is 15.9. The van der Waals surface area contributed by atoms with E-state index >= 15 is 0 Å². The fourth-order valence-electron chi connectivity index (χ4n) is 3.41. The zero-order chi connectivity index (χ0) is 20.2. The Morgan fingerprint density at radius 2 is 1.55 bits per heavy atom. The number of rotatable bonds is 5. The molecule has 150 valence electrons. The lowest BCUT2D eigenvalue weighted by Gasteiger charge is -2.36. The number of aromatic nitrogens is 1. The van der Waals surface area contributed by atoms with E-state index in [2.05, 4.69) is 9.88 Å². The summed E-state index contributed by atoms with van der Waals surface area (Å²) in [7, 11) is 0. The van der Waals surface area contributed by atoms with Gasteiger partial charge in [-0.2, -0.15) is 0 Å². The van der Waals surface area contributed by atoms with Gasteiger partial charge in [-0.05, 0) is 48.5 Å². The van der Waals surface area contributed by atoms with Crippen molar-refractivity contribution in [3.05, 3.63) is 72.3 Å². The predicted octanol–water partition coefficient (Wildman–Crippen LogP) is 3.90. The monoisotopic (exact) mass is 397 g/mol. The highest BCUT2D eigenvalue weighted by atomic mass is 19.1. The second kappa shape index (κ2) is 8.43. The summed E-state index contributed by atoms with van der Waals surface area (Å²) in [6.07, 6.45) is 2.33. The summed E-state index contributed by atoms with van der Waals surface area (Å²) < 4.78 is 31.8. The molecule has 0 bridgehead atoms. The number of amides is 1. The summed E-state index contributed by atoms with van der Waals surface area (Å²) in [5.74, 6) is 0.545. The fraction of sp³-hybridized carbons (Fsp3) is 0.273. The first-order chi connectivity index (χ1) is 14.1. The number of hydrogen-bond donors (Lipinski definition) is 0. The molecule has 1 aliphatic heterocycles. The molecule has 0 spiro atoms. The molecule has 0 saturated carbocycles. The third-order valence-corrected chi connectivity index (χ3v) is 5.06. The number of piperazine rings is 1. The minimum Gasteiger partial charge on any atom is -0.441 e. The Morgan fingerprint density at radius 1 is 0.931 bits per heavy atom. The SMILES string of the molecule is O=C(CCc1ncc(-c2ccc(F)cc2)o1)N1CCN(c2ccc(F)cc2)CC1. The lowest BCUT2D eigenvalue weighted by atomic mass is 10.2. The lowest BCUT2D eigenvalue weighted by Crippen LogP contribution is -2.48. The molecule has 0 N–H and O–H groups in total. The van der Waals surface area contributed by atoms with Crippen LogP contribution in [-0.4, -0.2) is 42.0 Å². The Morgan fingerprint density at radius 3 is 2.21 bits per heavy atom. The van der Waals surface area contributed by atoms with Crippen molar-refractivity contribution in [2.45, 2.75) is 12.8 Å². The lowest BCUT2D eigenvalue weighted by molar-refractivity contribution is -0.131. The van der Waals surface area contributed by atoms with Crippen molar-refractivity contribution < 1.29 is 18.0 Å². The molecule has 0 unspecified atom stereocenters. The van der Waals surface area contributed by atoms with Crippen molar-refractivity contribution in [3.63, 3.8) is 0 Å². The molecule has 1 fully saturated rings. The van der Waals surface area contributed by atoms with Gasteiger partial charge in [0, 0.05) is 50.3 Å². The Bertz CT molecular complexity index is 962. The first-order valence-corrected chi connectivity index (χ1v) is 9.57. The van der Waals surface area contributed by atoms with Crippen LogP contribution < -0.4 is 4.90 Å². The van der Waals surface area contributed by atoms with E-state index < -0.39 is 0 Å². The van der Waals surface area contributed by atoms with Gasteiger partial charge < -0.3 is 14.2 Å². The van der Waals surface area contributed by atoms with Crippen LogP contribution in [0.5, 0.6) is 0 Å². The number of hydrogen-bond acceptors (Lipinski definition) is 4. The van der Waals surface area contributed by atoms with Crippen molar-refractivity contribution in [1.29, 1.82) is 0 Å². The van der Waals surface area contributed by atoms with E-state index in [1.165, 1.54) is 24.3 Å². The van der Waals surface area contributed by atoms with Gasteiger partial charge in [-0.15, -0.1) is 0 Å². The summed E-state index contributed by atoms with van der Waals surface area (Å²) in [6, 6.07) is 12.4. The van der Waals surface area contributed by atoms with E-state index in [0.717, 1.165) is 11.3 Å². The maximum absolute atomic E-state index is 13.1. The van der Waals surface area contributed by atoms with Gasteiger partial charge in [0.05, 0.1) is 6.20 Å². The van der Waals surface area contributed by atoms with Gasteiger partial charge in [0.25, 0.3) is 0 Å². The summed E-state index contributed by atoms with van der Waals surface area (Å²) in [5.41, 5.74) is 1.71. The maximum Gasteiger partial charge on any atom is 0.223 e. The molecule has 1 aliphatic rings. The molecule has 4 rings (SSSR count). The van der Waals surface area contributed by atoms with Crippen LogP contribution in [0.2, 0.25) is 0 Å². The van der Waals surface area contributed by atoms with Crippen molar-refractivity contribution >= 4 is 11.6 Å². The van der Waals surface area contributed by atoms with Crippen molar-refractivity contribution in [1.82, 2.24) is 9.88 Å². The van der Waals surface area contributed by atoms with E-state index in [-0.39, 0.29) is 17.5 Å². The number of aryl methyl sites for hydroxylation is 1. The van der Waals surface area contributed by atoms with E-state index in [9.17, 15) is 13.6 Å². The van der Waals surface area contributed by atoms with Crippen molar-refractivity contribution in [3.8, 4) is 11.3 Å². The largest absolute Gasteiger partial charge is 0.441 e. The highest BCUT2D eigenvalue weighted by molar-refractivity contribution is 5.76. The summed E-state index contributed by atoms with van der Waals surface area (Å²) in [4.78, 5) is 20.7. The second-order valence-electron chi connectivity index (χ2n) is 6.97. The quantitative estimate of drug-likeness (QED) is 0.655. The molecule has 3 aromatic rings. The number of oxazole rings is 1. The maximum atomic E-state index is 13.1. The first-order valence-electron chi connectivity index (χ1n) is 9.57. The third kappa shape index (κ3) is 4.62. The number of benzene rings is 2. The summed E-state index contributed by atoms with van der Waals surface area (Å²) in [5, 5.41) is 0. The van der Waals surface area contributed by atoms with E-state index in [1.54, 1.807) is 30.5 Å².